The Kier molecular flexibility index (Phi) is 4.37. The molecule has 1 aromatic carbocycles. The van der Waals surface area contributed by atoms with Gasteiger partial charge in [0.25, 0.3) is 0 Å². The number of nitrogens with one attached hydrogen (secondary N) is 1. The molecule has 0 bridgehead atoms. The Morgan fingerprint density at radius 2 is 1.81 bits per heavy atom. The van der Waals surface area contributed by atoms with Crippen molar-refractivity contribution in [2.45, 2.75) is 40.7 Å². The van der Waals surface area contributed by atoms with Gasteiger partial charge in [0.15, 0.2) is 0 Å². The minimum Gasteiger partial charge on any atom is -0.324 e. The molecule has 1 atom stereocenters. The maximum Gasteiger partial charge on any atom is 0.248 e. The lowest BCUT2D eigenvalue weighted by Gasteiger charge is -2.17. The van der Waals surface area contributed by atoms with Crippen molar-refractivity contribution in [3.05, 3.63) is 45.7 Å². The molecule has 0 aliphatic rings. The summed E-state index contributed by atoms with van der Waals surface area (Å²) in [6.45, 7) is 9.48. The van der Waals surface area contributed by atoms with Crippen LogP contribution in [0.4, 0.5) is 5.69 Å². The summed E-state index contributed by atoms with van der Waals surface area (Å²) in [5.74, 6) is -0.102. The number of anilines is 1. The summed E-state index contributed by atoms with van der Waals surface area (Å²) in [7, 11) is 0. The number of aryl methyl sites for hydroxylation is 3. The molecule has 1 heterocycles. The summed E-state index contributed by atoms with van der Waals surface area (Å²) < 4.78 is 1.67. The van der Waals surface area contributed by atoms with E-state index in [9.17, 15) is 4.79 Å². The van der Waals surface area contributed by atoms with Crippen LogP contribution in [0.2, 0.25) is 5.02 Å². The number of carbonyl (C=O) groups excluding carboxylic acids is 1. The van der Waals surface area contributed by atoms with E-state index in [1.54, 1.807) is 4.68 Å². The highest BCUT2D eigenvalue weighted by atomic mass is 35.5. The molecule has 112 valence electrons. The Bertz CT molecular complexity index is 671. The van der Waals surface area contributed by atoms with Gasteiger partial charge in [-0.15, -0.1) is 0 Å². The molecule has 2 aromatic rings. The standard InChI is InChI=1S/C16H20ClN3O/c1-9-7-6-8-10(2)15(9)18-16(21)13(5)20-12(4)14(17)11(3)19-20/h6-8,13H,1-5H3,(H,18,21). The van der Waals surface area contributed by atoms with Gasteiger partial charge in [-0.25, -0.2) is 0 Å². The summed E-state index contributed by atoms with van der Waals surface area (Å²) in [4.78, 5) is 12.5. The molecular weight excluding hydrogens is 286 g/mol. The van der Waals surface area contributed by atoms with Gasteiger partial charge in [0.05, 0.1) is 16.4 Å². The van der Waals surface area contributed by atoms with Gasteiger partial charge in [0.1, 0.15) is 6.04 Å². The monoisotopic (exact) mass is 305 g/mol. The molecule has 21 heavy (non-hydrogen) atoms. The first kappa shape index (κ1) is 15.6. The number of amides is 1. The maximum atomic E-state index is 12.5. The van der Waals surface area contributed by atoms with Crippen LogP contribution >= 0.6 is 11.6 Å². The zero-order chi connectivity index (χ0) is 15.7. The molecule has 0 aliphatic heterocycles. The third-order valence-electron chi connectivity index (χ3n) is 3.71. The molecule has 5 heteroatoms. The number of rotatable bonds is 3. The highest BCUT2D eigenvalue weighted by Crippen LogP contribution is 2.24. The number of para-hydroxylation sites is 1. The second kappa shape index (κ2) is 5.90. The summed E-state index contributed by atoms with van der Waals surface area (Å²) in [6, 6.07) is 5.51. The second-order valence-corrected chi connectivity index (χ2v) is 5.74. The van der Waals surface area contributed by atoms with Crippen molar-refractivity contribution in [2.75, 3.05) is 5.32 Å². The van der Waals surface area contributed by atoms with Crippen LogP contribution < -0.4 is 5.32 Å². The fourth-order valence-electron chi connectivity index (χ4n) is 2.37. The minimum absolute atomic E-state index is 0.102. The first-order valence-corrected chi connectivity index (χ1v) is 7.29. The molecule has 0 saturated carbocycles. The van der Waals surface area contributed by atoms with Crippen LogP contribution in [0, 0.1) is 27.7 Å². The molecule has 1 amide bonds. The smallest absolute Gasteiger partial charge is 0.248 e. The van der Waals surface area contributed by atoms with Crippen LogP contribution in [0.15, 0.2) is 18.2 Å². The molecule has 0 spiro atoms. The van der Waals surface area contributed by atoms with Crippen LogP contribution in [-0.2, 0) is 4.79 Å². The van der Waals surface area contributed by atoms with E-state index in [2.05, 4.69) is 10.4 Å². The van der Waals surface area contributed by atoms with Crippen LogP contribution in [-0.4, -0.2) is 15.7 Å². The third-order valence-corrected chi connectivity index (χ3v) is 4.26. The van der Waals surface area contributed by atoms with Gasteiger partial charge in [0.2, 0.25) is 5.91 Å². The lowest BCUT2D eigenvalue weighted by atomic mass is 10.1. The van der Waals surface area contributed by atoms with Crippen molar-refractivity contribution >= 4 is 23.2 Å². The average Bonchev–Trinajstić information content (AvgIpc) is 2.69. The summed E-state index contributed by atoms with van der Waals surface area (Å²) >= 11 is 6.14. The third kappa shape index (κ3) is 2.95. The predicted octanol–water partition coefficient (Wildman–Crippen LogP) is 3.97. The molecule has 0 radical (unpaired) electrons. The summed E-state index contributed by atoms with van der Waals surface area (Å²) in [6.07, 6.45) is 0. The molecule has 1 aromatic heterocycles. The van der Waals surface area contributed by atoms with Crippen molar-refractivity contribution in [1.29, 1.82) is 0 Å². The van der Waals surface area contributed by atoms with E-state index >= 15 is 0 Å². The van der Waals surface area contributed by atoms with Crippen LogP contribution in [0.5, 0.6) is 0 Å². The second-order valence-electron chi connectivity index (χ2n) is 5.36. The molecule has 0 aliphatic carbocycles. The van der Waals surface area contributed by atoms with E-state index in [1.807, 2.05) is 52.8 Å². The Morgan fingerprint density at radius 3 is 2.29 bits per heavy atom. The first-order valence-electron chi connectivity index (χ1n) is 6.91. The normalized spacial score (nSPS) is 12.3. The Balaban J connectivity index is 2.26. The topological polar surface area (TPSA) is 46.9 Å². The lowest BCUT2D eigenvalue weighted by Crippen LogP contribution is -2.26. The van der Waals surface area contributed by atoms with Gasteiger partial charge >= 0.3 is 0 Å². The van der Waals surface area contributed by atoms with Crippen molar-refractivity contribution in [2.24, 2.45) is 0 Å². The van der Waals surface area contributed by atoms with Crippen LogP contribution in [0.25, 0.3) is 0 Å². The zero-order valence-corrected chi connectivity index (χ0v) is 13.7. The minimum atomic E-state index is -0.421. The molecule has 1 unspecified atom stereocenters. The van der Waals surface area contributed by atoms with Crippen molar-refractivity contribution in [1.82, 2.24) is 9.78 Å². The number of hydrogen-bond acceptors (Lipinski definition) is 2. The van der Waals surface area contributed by atoms with E-state index < -0.39 is 6.04 Å². The molecule has 0 fully saturated rings. The molecule has 4 nitrogen and oxygen atoms in total. The number of hydrogen-bond donors (Lipinski definition) is 1. The van der Waals surface area contributed by atoms with Crippen molar-refractivity contribution < 1.29 is 4.79 Å². The fraction of sp³-hybridized carbons (Fsp3) is 0.375. The van der Waals surface area contributed by atoms with E-state index in [0.717, 1.165) is 28.2 Å². The van der Waals surface area contributed by atoms with Gasteiger partial charge in [0, 0.05) is 5.69 Å². The molecule has 1 N–H and O–H groups in total. The number of aromatic nitrogens is 2. The number of halogens is 1. The summed E-state index contributed by atoms with van der Waals surface area (Å²) in [5, 5.41) is 7.94. The highest BCUT2D eigenvalue weighted by Gasteiger charge is 2.21. The number of carbonyl (C=O) groups is 1. The summed E-state index contributed by atoms with van der Waals surface area (Å²) in [5.41, 5.74) is 4.49. The zero-order valence-electron chi connectivity index (χ0n) is 13.0. The van der Waals surface area contributed by atoms with Gasteiger partial charge in [-0.3, -0.25) is 9.48 Å². The van der Waals surface area contributed by atoms with Crippen molar-refractivity contribution in [3.8, 4) is 0 Å². The van der Waals surface area contributed by atoms with Gasteiger partial charge in [-0.05, 0) is 45.7 Å². The van der Waals surface area contributed by atoms with E-state index in [1.165, 1.54) is 0 Å². The van der Waals surface area contributed by atoms with Gasteiger partial charge < -0.3 is 5.32 Å². The quantitative estimate of drug-likeness (QED) is 0.932. The van der Waals surface area contributed by atoms with E-state index in [4.69, 9.17) is 11.6 Å². The molecular formula is C16H20ClN3O. The predicted molar refractivity (Wildman–Crippen MR) is 86.0 cm³/mol. The number of nitrogens with zero attached hydrogens (tertiary/aromatic N) is 2. The first-order chi connectivity index (χ1) is 9.82. The lowest BCUT2D eigenvalue weighted by molar-refractivity contribution is -0.119. The van der Waals surface area contributed by atoms with Crippen LogP contribution in [0.1, 0.15) is 35.5 Å². The molecule has 2 rings (SSSR count). The number of benzene rings is 1. The SMILES string of the molecule is Cc1cccc(C)c1NC(=O)C(C)n1nc(C)c(Cl)c1C. The molecule has 0 saturated heterocycles. The Labute approximate surface area is 130 Å². The van der Waals surface area contributed by atoms with Crippen molar-refractivity contribution in [3.63, 3.8) is 0 Å². The van der Waals surface area contributed by atoms with Crippen LogP contribution in [0.3, 0.4) is 0 Å². The fourth-order valence-corrected chi connectivity index (χ4v) is 2.49. The maximum absolute atomic E-state index is 12.5. The van der Waals surface area contributed by atoms with E-state index in [0.29, 0.717) is 5.02 Å². The largest absolute Gasteiger partial charge is 0.324 e. The Morgan fingerprint density at radius 1 is 1.24 bits per heavy atom. The van der Waals surface area contributed by atoms with Gasteiger partial charge in [-0.1, -0.05) is 29.8 Å². The average molecular weight is 306 g/mol. The highest BCUT2D eigenvalue weighted by molar-refractivity contribution is 6.31. The Hall–Kier alpha value is -1.81. The van der Waals surface area contributed by atoms with E-state index in [-0.39, 0.29) is 5.91 Å². The van der Waals surface area contributed by atoms with Gasteiger partial charge in [-0.2, -0.15) is 5.10 Å².